The maximum absolute atomic E-state index is 10.1. The third-order valence-corrected chi connectivity index (χ3v) is 1.79. The molecule has 60 valence electrons. The van der Waals surface area contributed by atoms with Gasteiger partial charge in [-0.15, -0.1) is 0 Å². The van der Waals surface area contributed by atoms with Crippen LogP contribution in [0, 0.1) is 0 Å². The number of aliphatic carboxylic acids is 1. The first-order chi connectivity index (χ1) is 4.34. The van der Waals surface area contributed by atoms with E-state index in [1.807, 2.05) is 0 Å². The predicted octanol–water partition coefficient (Wildman–Crippen LogP) is -8.86. The van der Waals surface area contributed by atoms with Crippen LogP contribution in [-0.2, 0) is 9.36 Å². The summed E-state index contributed by atoms with van der Waals surface area (Å²) in [5.41, 5.74) is 0. The number of hydrogen-bond donors (Lipinski definition) is 1. The summed E-state index contributed by atoms with van der Waals surface area (Å²) in [5, 5.41) is 9.73. The Balaban J connectivity index is -0.000000405. The van der Waals surface area contributed by atoms with Crippen molar-refractivity contribution in [3.05, 3.63) is 0 Å². The molecular formula is C3H6NNa2O5P. The van der Waals surface area contributed by atoms with Gasteiger partial charge in [-0.25, -0.2) is 4.67 Å². The van der Waals surface area contributed by atoms with E-state index in [9.17, 15) is 19.4 Å². The van der Waals surface area contributed by atoms with Crippen molar-refractivity contribution in [1.82, 2.24) is 4.67 Å². The molecule has 0 fully saturated rings. The zero-order chi connectivity index (χ0) is 8.36. The quantitative estimate of drug-likeness (QED) is 0.368. The van der Waals surface area contributed by atoms with E-state index in [1.54, 1.807) is 0 Å². The average Bonchev–Trinajstić information content (AvgIpc) is 1.60. The van der Waals surface area contributed by atoms with Crippen molar-refractivity contribution in [2.75, 3.05) is 13.6 Å². The van der Waals surface area contributed by atoms with Crippen molar-refractivity contribution in [3.63, 3.8) is 0 Å². The van der Waals surface area contributed by atoms with Crippen molar-refractivity contribution in [2.45, 2.75) is 0 Å². The van der Waals surface area contributed by atoms with Crippen molar-refractivity contribution in [1.29, 1.82) is 0 Å². The monoisotopic (exact) mass is 213 g/mol. The fraction of sp³-hybridized carbons (Fsp3) is 0.667. The molecule has 0 radical (unpaired) electrons. The van der Waals surface area contributed by atoms with Gasteiger partial charge in [-0.05, 0) is 7.05 Å². The van der Waals surface area contributed by atoms with E-state index in [-0.39, 0.29) is 63.8 Å². The van der Waals surface area contributed by atoms with Crippen LogP contribution in [0.15, 0.2) is 0 Å². The number of rotatable bonds is 3. The molecule has 0 saturated heterocycles. The molecule has 0 aliphatic carbocycles. The van der Waals surface area contributed by atoms with E-state index in [0.717, 1.165) is 7.05 Å². The van der Waals surface area contributed by atoms with Crippen molar-refractivity contribution in [2.24, 2.45) is 0 Å². The van der Waals surface area contributed by atoms with Gasteiger partial charge >= 0.3 is 59.1 Å². The zero-order valence-corrected chi connectivity index (χ0v) is 12.1. The number of hydrogen-bond acceptors (Lipinski definition) is 4. The molecule has 0 aliphatic heterocycles. The first kappa shape index (κ1) is 19.2. The maximum Gasteiger partial charge on any atom is 1.00 e. The molecular weight excluding hydrogens is 207 g/mol. The third-order valence-electron chi connectivity index (χ3n) is 0.789. The van der Waals surface area contributed by atoms with Gasteiger partial charge in [-0.1, -0.05) is 0 Å². The molecule has 9 heteroatoms. The van der Waals surface area contributed by atoms with E-state index in [0.29, 0.717) is 0 Å². The van der Waals surface area contributed by atoms with E-state index >= 15 is 0 Å². The van der Waals surface area contributed by atoms with Crippen molar-refractivity contribution in [3.8, 4) is 0 Å². The van der Waals surface area contributed by atoms with E-state index in [4.69, 9.17) is 4.89 Å². The third kappa shape index (κ3) is 9.67. The molecule has 1 unspecified atom stereocenters. The Morgan fingerprint density at radius 1 is 1.58 bits per heavy atom. The second kappa shape index (κ2) is 7.94. The van der Waals surface area contributed by atoms with Crippen molar-refractivity contribution < 1.29 is 83.4 Å². The van der Waals surface area contributed by atoms with Crippen molar-refractivity contribution >= 4 is 13.7 Å². The molecule has 0 aromatic heterocycles. The van der Waals surface area contributed by atoms with Crippen LogP contribution in [0.25, 0.3) is 0 Å². The fourth-order valence-corrected chi connectivity index (χ4v) is 0.570. The summed E-state index contributed by atoms with van der Waals surface area (Å²) < 4.78 is 10.4. The number of carboxylic acids is 1. The Kier molecular flexibility index (Phi) is 12.7. The maximum atomic E-state index is 10.1. The van der Waals surface area contributed by atoms with E-state index < -0.39 is 20.3 Å². The van der Waals surface area contributed by atoms with Crippen LogP contribution < -0.4 is 69.1 Å². The van der Waals surface area contributed by atoms with Gasteiger partial charge in [-0.2, -0.15) is 0 Å². The number of carbonyl (C=O) groups excluding carboxylic acids is 1. The molecule has 6 nitrogen and oxygen atoms in total. The summed E-state index contributed by atoms with van der Waals surface area (Å²) in [4.78, 5) is 28.0. The standard InChI is InChI=1S/C3H8NO5P.2Na/c1-4(2-3(5)6)10(7,8)9;;/h2H2,1H3,(H,5,6)(H2,7,8,9);;/q;2*+1/p-2. The number of likely N-dealkylation sites (N-methyl/N-ethyl adjacent to an activating group) is 1. The molecule has 12 heavy (non-hydrogen) atoms. The Morgan fingerprint density at radius 2 is 1.92 bits per heavy atom. The topological polar surface area (TPSA) is 104 Å². The summed E-state index contributed by atoms with van der Waals surface area (Å²) in [6.45, 7) is -0.836. The fourth-order valence-electron chi connectivity index (χ4n) is 0.276. The van der Waals surface area contributed by atoms with E-state index in [1.165, 1.54) is 0 Å². The minimum absolute atomic E-state index is 0. The Labute approximate surface area is 114 Å². The molecule has 0 rings (SSSR count). The smallest absolute Gasteiger partial charge is 0.766 e. The average molecular weight is 213 g/mol. The Morgan fingerprint density at radius 3 is 2.00 bits per heavy atom. The SMILES string of the molecule is CN(CC(=O)[O-])P(=O)([O-])O.[Na+].[Na+]. The van der Waals surface area contributed by atoms with Crippen LogP contribution >= 0.6 is 7.75 Å². The first-order valence-corrected chi connectivity index (χ1v) is 3.82. The van der Waals surface area contributed by atoms with Gasteiger partial charge in [0.2, 0.25) is 7.75 Å². The molecule has 1 atom stereocenters. The van der Waals surface area contributed by atoms with Gasteiger partial charge in [0.1, 0.15) is 0 Å². The van der Waals surface area contributed by atoms with Crippen LogP contribution in [0.3, 0.4) is 0 Å². The Hall–Kier alpha value is 1.58. The summed E-state index contributed by atoms with van der Waals surface area (Å²) >= 11 is 0. The molecule has 0 spiro atoms. The van der Waals surface area contributed by atoms with Gasteiger partial charge in [0.15, 0.2) is 0 Å². The summed E-state index contributed by atoms with van der Waals surface area (Å²) in [7, 11) is -3.71. The first-order valence-electron chi connectivity index (χ1n) is 2.29. The van der Waals surface area contributed by atoms with Crippen LogP contribution in [0.2, 0.25) is 0 Å². The summed E-state index contributed by atoms with van der Waals surface area (Å²) in [5.74, 6) is -1.56. The summed E-state index contributed by atoms with van der Waals surface area (Å²) in [6.07, 6.45) is 0. The molecule has 0 bridgehead atoms. The van der Waals surface area contributed by atoms with Gasteiger partial charge in [0.25, 0.3) is 0 Å². The van der Waals surface area contributed by atoms with Gasteiger partial charge in [0.05, 0.1) is 5.97 Å². The molecule has 0 aromatic carbocycles. The van der Waals surface area contributed by atoms with E-state index in [2.05, 4.69) is 0 Å². The van der Waals surface area contributed by atoms with Crippen LogP contribution in [0.5, 0.6) is 0 Å². The number of carbonyl (C=O) groups is 1. The minimum atomic E-state index is -4.65. The predicted molar refractivity (Wildman–Crippen MR) is 27.5 cm³/mol. The number of carboxylic acid groups (broad SMARTS) is 1. The molecule has 0 aliphatic rings. The molecule has 1 N–H and O–H groups in total. The van der Waals surface area contributed by atoms with Gasteiger partial charge in [-0.3, -0.25) is 4.57 Å². The minimum Gasteiger partial charge on any atom is -0.766 e. The van der Waals surface area contributed by atoms with Crippen LogP contribution in [0.4, 0.5) is 0 Å². The summed E-state index contributed by atoms with van der Waals surface area (Å²) in [6, 6.07) is 0. The van der Waals surface area contributed by atoms with Gasteiger partial charge < -0.3 is 19.7 Å². The second-order valence-electron chi connectivity index (χ2n) is 1.68. The van der Waals surface area contributed by atoms with Crippen LogP contribution in [-0.4, -0.2) is 29.1 Å². The number of nitrogens with zero attached hydrogens (tertiary/aromatic N) is 1. The molecule has 0 saturated carbocycles. The second-order valence-corrected chi connectivity index (χ2v) is 3.34. The zero-order valence-electron chi connectivity index (χ0n) is 7.18. The Bertz CT molecular complexity index is 182. The normalized spacial score (nSPS) is 14.0. The molecule has 0 heterocycles. The molecule has 0 aromatic rings. The molecule has 0 amide bonds. The largest absolute Gasteiger partial charge is 1.00 e. The van der Waals surface area contributed by atoms with Gasteiger partial charge in [0, 0.05) is 6.54 Å². The van der Waals surface area contributed by atoms with Crippen LogP contribution in [0.1, 0.15) is 0 Å².